The highest BCUT2D eigenvalue weighted by Gasteiger charge is 2.33. The van der Waals surface area contributed by atoms with E-state index >= 15 is 0 Å². The molecule has 0 unspecified atom stereocenters. The van der Waals surface area contributed by atoms with Gasteiger partial charge >= 0.3 is 0 Å². The molecule has 7 nitrogen and oxygen atoms in total. The molecule has 2 aromatic carbocycles. The van der Waals surface area contributed by atoms with Crippen LogP contribution in [-0.2, 0) is 26.0 Å². The average Bonchev–Trinajstić information content (AvgIpc) is 2.74. The molecule has 186 valence electrons. The summed E-state index contributed by atoms with van der Waals surface area (Å²) < 4.78 is 40.2. The van der Waals surface area contributed by atoms with Crippen LogP contribution in [0.25, 0.3) is 0 Å². The Morgan fingerprint density at radius 3 is 2.15 bits per heavy atom. The Bertz CT molecular complexity index is 1080. The van der Waals surface area contributed by atoms with Crippen molar-refractivity contribution in [2.45, 2.75) is 52.1 Å². The van der Waals surface area contributed by atoms with Gasteiger partial charge in [-0.2, -0.15) is 0 Å². The summed E-state index contributed by atoms with van der Waals surface area (Å²) in [5.41, 5.74) is 0.249. The van der Waals surface area contributed by atoms with Gasteiger partial charge in [-0.15, -0.1) is 0 Å². The Morgan fingerprint density at radius 2 is 1.62 bits per heavy atom. The molecule has 1 N–H and O–H groups in total. The molecule has 0 aromatic heterocycles. The second-order valence-electron chi connectivity index (χ2n) is 9.21. The highest BCUT2D eigenvalue weighted by atomic mass is 32.2. The van der Waals surface area contributed by atoms with Gasteiger partial charge in [0.05, 0.1) is 11.9 Å². The number of hydrogen-bond donors (Lipinski definition) is 1. The number of sulfonamides is 1. The first-order chi connectivity index (χ1) is 15.8. The maximum Gasteiger partial charge on any atom is 0.244 e. The van der Waals surface area contributed by atoms with Gasteiger partial charge in [0.2, 0.25) is 21.8 Å². The molecule has 0 bridgehead atoms. The van der Waals surface area contributed by atoms with E-state index in [1.165, 1.54) is 23.1 Å². The number of para-hydroxylation sites is 1. The second-order valence-corrected chi connectivity index (χ2v) is 11.1. The first-order valence-corrected chi connectivity index (χ1v) is 13.1. The van der Waals surface area contributed by atoms with Crippen LogP contribution in [0.2, 0.25) is 0 Å². The van der Waals surface area contributed by atoms with Crippen LogP contribution >= 0.6 is 0 Å². The zero-order chi connectivity index (χ0) is 25.5. The molecule has 0 saturated carbocycles. The quantitative estimate of drug-likeness (QED) is 0.552. The van der Waals surface area contributed by atoms with E-state index < -0.39 is 39.9 Å². The Balaban J connectivity index is 2.39. The Hall–Kier alpha value is -2.94. The molecule has 2 rings (SSSR count). The Kier molecular flexibility index (Phi) is 9.21. The van der Waals surface area contributed by atoms with Crippen molar-refractivity contribution in [1.82, 2.24) is 10.2 Å². The minimum absolute atomic E-state index is 0.202. The fourth-order valence-corrected chi connectivity index (χ4v) is 4.45. The van der Waals surface area contributed by atoms with E-state index in [1.807, 2.05) is 51.1 Å². The minimum Gasteiger partial charge on any atom is -0.350 e. The van der Waals surface area contributed by atoms with E-state index in [-0.39, 0.29) is 18.1 Å². The molecule has 0 heterocycles. The highest BCUT2D eigenvalue weighted by Crippen LogP contribution is 2.22. The van der Waals surface area contributed by atoms with Crippen LogP contribution in [0.15, 0.2) is 54.6 Å². The molecule has 1 atom stereocenters. The van der Waals surface area contributed by atoms with Crippen molar-refractivity contribution < 1.29 is 22.4 Å². The molecular formula is C25H34FN3O4S. The summed E-state index contributed by atoms with van der Waals surface area (Å²) in [7, 11) is -3.97. The van der Waals surface area contributed by atoms with Gasteiger partial charge in [-0.25, -0.2) is 12.8 Å². The summed E-state index contributed by atoms with van der Waals surface area (Å²) in [5.74, 6) is -1.66. The molecule has 0 spiro atoms. The number of nitrogens with one attached hydrogen (secondary N) is 1. The third-order valence-electron chi connectivity index (χ3n) is 5.17. The third-order valence-corrected chi connectivity index (χ3v) is 6.30. The SMILES string of the molecule is CC[C@@H](C(=O)NC(C)(C)C)N(CCc1ccccc1)C(=O)CN(c1ccccc1F)S(C)(=O)=O. The van der Waals surface area contributed by atoms with Crippen molar-refractivity contribution in [2.75, 3.05) is 23.7 Å². The Morgan fingerprint density at radius 1 is 1.03 bits per heavy atom. The lowest BCUT2D eigenvalue weighted by atomic mass is 10.1. The molecule has 0 aliphatic rings. The van der Waals surface area contributed by atoms with Crippen molar-refractivity contribution in [1.29, 1.82) is 0 Å². The number of anilines is 1. The van der Waals surface area contributed by atoms with Gasteiger partial charge in [0.1, 0.15) is 18.4 Å². The fraction of sp³-hybridized carbons (Fsp3) is 0.440. The summed E-state index contributed by atoms with van der Waals surface area (Å²) in [4.78, 5) is 27.9. The number of amides is 2. The second kappa shape index (κ2) is 11.5. The molecule has 2 amide bonds. The number of benzene rings is 2. The predicted octanol–water partition coefficient (Wildman–Crippen LogP) is 3.36. The number of carbonyl (C=O) groups excluding carboxylic acids is 2. The van der Waals surface area contributed by atoms with E-state index in [4.69, 9.17) is 0 Å². The average molecular weight is 492 g/mol. The molecule has 0 fully saturated rings. The van der Waals surface area contributed by atoms with Crippen molar-refractivity contribution in [3.05, 3.63) is 66.0 Å². The van der Waals surface area contributed by atoms with E-state index in [1.54, 1.807) is 6.92 Å². The Labute approximate surface area is 202 Å². The lowest BCUT2D eigenvalue weighted by Crippen LogP contribution is -2.56. The monoisotopic (exact) mass is 491 g/mol. The maximum atomic E-state index is 14.4. The number of carbonyl (C=O) groups is 2. The van der Waals surface area contributed by atoms with Gasteiger partial charge in [0.15, 0.2) is 0 Å². The van der Waals surface area contributed by atoms with Gasteiger partial charge in [-0.05, 0) is 51.3 Å². The first-order valence-electron chi connectivity index (χ1n) is 11.2. The van der Waals surface area contributed by atoms with Gasteiger partial charge in [0.25, 0.3) is 0 Å². The molecule has 0 radical (unpaired) electrons. The zero-order valence-electron chi connectivity index (χ0n) is 20.4. The van der Waals surface area contributed by atoms with E-state index in [9.17, 15) is 22.4 Å². The molecule has 0 aliphatic carbocycles. The van der Waals surface area contributed by atoms with Crippen LogP contribution in [0.4, 0.5) is 10.1 Å². The van der Waals surface area contributed by atoms with Crippen molar-refractivity contribution >= 4 is 27.5 Å². The van der Waals surface area contributed by atoms with Crippen LogP contribution in [-0.4, -0.2) is 56.1 Å². The first kappa shape index (κ1) is 27.3. The van der Waals surface area contributed by atoms with Gasteiger partial charge in [0, 0.05) is 12.1 Å². The molecule has 0 saturated heterocycles. The topological polar surface area (TPSA) is 86.8 Å². The van der Waals surface area contributed by atoms with Crippen molar-refractivity contribution in [2.24, 2.45) is 0 Å². The predicted molar refractivity (Wildman–Crippen MR) is 132 cm³/mol. The normalized spacial score (nSPS) is 12.6. The zero-order valence-corrected chi connectivity index (χ0v) is 21.2. The van der Waals surface area contributed by atoms with E-state index in [0.29, 0.717) is 12.8 Å². The smallest absolute Gasteiger partial charge is 0.244 e. The van der Waals surface area contributed by atoms with E-state index in [2.05, 4.69) is 5.32 Å². The van der Waals surface area contributed by atoms with Crippen LogP contribution in [0.1, 0.15) is 39.7 Å². The van der Waals surface area contributed by atoms with Crippen LogP contribution in [0.3, 0.4) is 0 Å². The maximum absolute atomic E-state index is 14.4. The van der Waals surface area contributed by atoms with E-state index in [0.717, 1.165) is 22.2 Å². The lowest BCUT2D eigenvalue weighted by Gasteiger charge is -2.34. The molecule has 34 heavy (non-hydrogen) atoms. The molecule has 2 aromatic rings. The van der Waals surface area contributed by atoms with Crippen LogP contribution in [0.5, 0.6) is 0 Å². The van der Waals surface area contributed by atoms with Crippen molar-refractivity contribution in [3.8, 4) is 0 Å². The van der Waals surface area contributed by atoms with Crippen LogP contribution < -0.4 is 9.62 Å². The summed E-state index contributed by atoms with van der Waals surface area (Å²) in [6.07, 6.45) is 1.73. The molecular weight excluding hydrogens is 457 g/mol. The fourth-order valence-electron chi connectivity index (χ4n) is 3.60. The number of halogens is 1. The van der Waals surface area contributed by atoms with Gasteiger partial charge < -0.3 is 10.2 Å². The minimum atomic E-state index is -3.97. The summed E-state index contributed by atoms with van der Waals surface area (Å²) >= 11 is 0. The standard InChI is InChI=1S/C25H34FN3O4S/c1-6-21(24(31)27-25(2,3)4)28(17-16-19-12-8-7-9-13-19)23(30)18-29(34(5,32)33)22-15-11-10-14-20(22)26/h7-15,21H,6,16-18H2,1-5H3,(H,27,31)/t21-/m0/s1. The van der Waals surface area contributed by atoms with Gasteiger partial charge in [-0.3, -0.25) is 13.9 Å². The summed E-state index contributed by atoms with van der Waals surface area (Å²) in [5, 5.41) is 2.90. The van der Waals surface area contributed by atoms with Gasteiger partial charge in [-0.1, -0.05) is 49.4 Å². The summed E-state index contributed by atoms with van der Waals surface area (Å²) in [6, 6.07) is 14.1. The number of nitrogens with zero attached hydrogens (tertiary/aromatic N) is 2. The largest absolute Gasteiger partial charge is 0.350 e. The molecule has 9 heteroatoms. The number of hydrogen-bond acceptors (Lipinski definition) is 4. The molecule has 0 aliphatic heterocycles. The number of rotatable bonds is 10. The van der Waals surface area contributed by atoms with Crippen molar-refractivity contribution in [3.63, 3.8) is 0 Å². The highest BCUT2D eigenvalue weighted by molar-refractivity contribution is 7.92. The van der Waals surface area contributed by atoms with Crippen LogP contribution in [0, 0.1) is 5.82 Å². The summed E-state index contributed by atoms with van der Waals surface area (Å²) in [6.45, 7) is 6.91. The lowest BCUT2D eigenvalue weighted by molar-refractivity contribution is -0.140. The third kappa shape index (κ3) is 7.83.